The number of ketones is 1. The number of halogens is 1. The Bertz CT molecular complexity index is 575. The molecule has 4 nitrogen and oxygen atoms in total. The normalized spacial score (nSPS) is 20.8. The van der Waals surface area contributed by atoms with Gasteiger partial charge in [0.2, 0.25) is 0 Å². The number of unbranched alkanes of at least 4 members (excludes halogenated alkanes) is 2. The molecule has 0 aromatic heterocycles. The van der Waals surface area contributed by atoms with E-state index in [0.717, 1.165) is 50.6 Å². The molecule has 1 aliphatic rings. The molecule has 1 fully saturated rings. The van der Waals surface area contributed by atoms with Crippen molar-refractivity contribution < 1.29 is 14.3 Å². The Morgan fingerprint density at radius 1 is 1.25 bits per heavy atom. The molecule has 0 amide bonds. The Morgan fingerprint density at radius 2 is 2.04 bits per heavy atom. The molecule has 1 atom stereocenters. The van der Waals surface area contributed by atoms with Gasteiger partial charge in [-0.1, -0.05) is 42.6 Å². The summed E-state index contributed by atoms with van der Waals surface area (Å²) >= 11 is 6.38. The predicted molar refractivity (Wildman–Crippen MR) is 95.1 cm³/mol. The van der Waals surface area contributed by atoms with Crippen molar-refractivity contribution in [2.24, 2.45) is 0 Å². The zero-order chi connectivity index (χ0) is 17.4. The van der Waals surface area contributed by atoms with Crippen molar-refractivity contribution in [2.45, 2.75) is 56.9 Å². The number of rotatable bonds is 8. The minimum absolute atomic E-state index is 0.169. The lowest BCUT2D eigenvalue weighted by Crippen LogP contribution is -2.51. The number of esters is 1. The molecular formula is C19H26ClNO3. The van der Waals surface area contributed by atoms with Crippen LogP contribution in [0.15, 0.2) is 24.3 Å². The van der Waals surface area contributed by atoms with E-state index in [1.165, 1.54) is 7.11 Å². The molecular weight excluding hydrogens is 326 g/mol. The van der Waals surface area contributed by atoms with Crippen LogP contribution in [0.25, 0.3) is 0 Å². The number of carbonyl (C=O) groups excluding carboxylic acids is 2. The monoisotopic (exact) mass is 351 g/mol. The fourth-order valence-corrected chi connectivity index (χ4v) is 3.67. The van der Waals surface area contributed by atoms with Crippen molar-refractivity contribution in [1.82, 2.24) is 5.32 Å². The van der Waals surface area contributed by atoms with Crippen LogP contribution in [0.4, 0.5) is 0 Å². The molecule has 24 heavy (non-hydrogen) atoms. The van der Waals surface area contributed by atoms with Gasteiger partial charge in [-0.15, -0.1) is 0 Å². The standard InChI is InChI=1S/C19H26ClNO3/c1-24-18(23)12-3-2-8-14-21-19(13-7-6-11-17(19)22)15-9-4-5-10-16(15)20/h4-5,9-10,21H,2-3,6-8,11-14H2,1H3. The van der Waals surface area contributed by atoms with E-state index in [2.05, 4.69) is 10.1 Å². The Labute approximate surface area is 148 Å². The van der Waals surface area contributed by atoms with Gasteiger partial charge in [0.1, 0.15) is 5.54 Å². The zero-order valence-corrected chi connectivity index (χ0v) is 15.0. The SMILES string of the molecule is COC(=O)CCCCCNC1(c2ccccc2Cl)CCCCC1=O. The van der Waals surface area contributed by atoms with Crippen LogP contribution < -0.4 is 5.32 Å². The van der Waals surface area contributed by atoms with E-state index in [4.69, 9.17) is 11.6 Å². The molecule has 0 bridgehead atoms. The van der Waals surface area contributed by atoms with Gasteiger partial charge in [0, 0.05) is 17.9 Å². The average molecular weight is 352 g/mol. The van der Waals surface area contributed by atoms with Gasteiger partial charge >= 0.3 is 5.97 Å². The quantitative estimate of drug-likeness (QED) is 0.568. The van der Waals surface area contributed by atoms with Crippen molar-refractivity contribution in [3.05, 3.63) is 34.9 Å². The van der Waals surface area contributed by atoms with Gasteiger partial charge in [-0.25, -0.2) is 0 Å². The first-order valence-corrected chi connectivity index (χ1v) is 9.08. The summed E-state index contributed by atoms with van der Waals surface area (Å²) in [6, 6.07) is 7.62. The lowest BCUT2D eigenvalue weighted by atomic mass is 9.75. The molecule has 0 radical (unpaired) electrons. The zero-order valence-electron chi connectivity index (χ0n) is 14.3. The molecule has 1 saturated carbocycles. The van der Waals surface area contributed by atoms with Crippen LogP contribution >= 0.6 is 11.6 Å². The highest BCUT2D eigenvalue weighted by Gasteiger charge is 2.41. The Hall–Kier alpha value is -1.39. The van der Waals surface area contributed by atoms with E-state index in [9.17, 15) is 9.59 Å². The number of carbonyl (C=O) groups is 2. The van der Waals surface area contributed by atoms with Crippen LogP contribution in [0.1, 0.15) is 56.9 Å². The molecule has 1 unspecified atom stereocenters. The van der Waals surface area contributed by atoms with Crippen molar-refractivity contribution in [2.75, 3.05) is 13.7 Å². The second kappa shape index (κ2) is 9.19. The lowest BCUT2D eigenvalue weighted by molar-refractivity contribution is -0.140. The number of nitrogens with one attached hydrogen (secondary N) is 1. The van der Waals surface area contributed by atoms with E-state index < -0.39 is 5.54 Å². The van der Waals surface area contributed by atoms with E-state index in [-0.39, 0.29) is 11.8 Å². The van der Waals surface area contributed by atoms with Crippen LogP contribution in [-0.4, -0.2) is 25.4 Å². The van der Waals surface area contributed by atoms with E-state index in [1.807, 2.05) is 24.3 Å². The van der Waals surface area contributed by atoms with E-state index in [0.29, 0.717) is 17.9 Å². The third kappa shape index (κ3) is 4.58. The average Bonchev–Trinajstić information content (AvgIpc) is 2.60. The van der Waals surface area contributed by atoms with Gasteiger partial charge in [-0.2, -0.15) is 0 Å². The largest absolute Gasteiger partial charge is 0.469 e. The Kier molecular flexibility index (Phi) is 7.25. The van der Waals surface area contributed by atoms with E-state index >= 15 is 0 Å². The first-order valence-electron chi connectivity index (χ1n) is 8.70. The summed E-state index contributed by atoms with van der Waals surface area (Å²) in [7, 11) is 1.41. The van der Waals surface area contributed by atoms with Crippen LogP contribution in [-0.2, 0) is 19.9 Å². The first kappa shape index (κ1) is 18.9. The lowest BCUT2D eigenvalue weighted by Gasteiger charge is -2.38. The molecule has 1 N–H and O–H groups in total. The number of benzene rings is 1. The summed E-state index contributed by atoms with van der Waals surface area (Å²) in [6.45, 7) is 0.734. The maximum atomic E-state index is 12.7. The highest BCUT2D eigenvalue weighted by Crippen LogP contribution is 2.38. The molecule has 0 spiro atoms. The molecule has 5 heteroatoms. The van der Waals surface area contributed by atoms with Crippen molar-refractivity contribution in [1.29, 1.82) is 0 Å². The molecule has 1 aromatic carbocycles. The summed E-state index contributed by atoms with van der Waals surface area (Å²) in [5.74, 6) is 0.0642. The number of hydrogen-bond donors (Lipinski definition) is 1. The van der Waals surface area contributed by atoms with Crippen LogP contribution in [0.3, 0.4) is 0 Å². The number of ether oxygens (including phenoxy) is 1. The molecule has 132 valence electrons. The maximum Gasteiger partial charge on any atom is 0.305 e. The molecule has 0 saturated heterocycles. The maximum absolute atomic E-state index is 12.7. The highest BCUT2D eigenvalue weighted by molar-refractivity contribution is 6.31. The van der Waals surface area contributed by atoms with Gasteiger partial charge in [-0.3, -0.25) is 9.59 Å². The highest BCUT2D eigenvalue weighted by atomic mass is 35.5. The third-order valence-corrected chi connectivity index (χ3v) is 5.06. The second-order valence-electron chi connectivity index (χ2n) is 6.33. The topological polar surface area (TPSA) is 55.4 Å². The first-order chi connectivity index (χ1) is 11.6. The van der Waals surface area contributed by atoms with Crippen molar-refractivity contribution >= 4 is 23.4 Å². The minimum atomic E-state index is -0.654. The molecule has 2 rings (SSSR count). The summed E-state index contributed by atoms with van der Waals surface area (Å²) in [4.78, 5) is 23.8. The third-order valence-electron chi connectivity index (χ3n) is 4.73. The van der Waals surface area contributed by atoms with Gasteiger partial charge < -0.3 is 10.1 Å². The molecule has 0 heterocycles. The van der Waals surface area contributed by atoms with Gasteiger partial charge in [-0.05, 0) is 43.9 Å². The summed E-state index contributed by atoms with van der Waals surface area (Å²) in [6.07, 6.45) is 6.45. The van der Waals surface area contributed by atoms with Gasteiger partial charge in [0.25, 0.3) is 0 Å². The molecule has 1 aliphatic carbocycles. The van der Waals surface area contributed by atoms with E-state index in [1.54, 1.807) is 0 Å². The number of Topliss-reactive ketones (excluding diaryl/α,β-unsaturated/α-hetero) is 1. The van der Waals surface area contributed by atoms with Gasteiger partial charge in [0.05, 0.1) is 7.11 Å². The number of hydrogen-bond acceptors (Lipinski definition) is 4. The van der Waals surface area contributed by atoms with Crippen LogP contribution in [0, 0.1) is 0 Å². The summed E-state index contributed by atoms with van der Waals surface area (Å²) in [5, 5.41) is 4.14. The Balaban J connectivity index is 1.97. The van der Waals surface area contributed by atoms with Crippen molar-refractivity contribution in [3.63, 3.8) is 0 Å². The molecule has 0 aliphatic heterocycles. The minimum Gasteiger partial charge on any atom is -0.469 e. The predicted octanol–water partition coefficient (Wildman–Crippen LogP) is 4.00. The second-order valence-corrected chi connectivity index (χ2v) is 6.74. The summed E-state index contributed by atoms with van der Waals surface area (Å²) in [5.41, 5.74) is 0.241. The Morgan fingerprint density at radius 3 is 2.75 bits per heavy atom. The number of methoxy groups -OCH3 is 1. The summed E-state index contributed by atoms with van der Waals surface area (Å²) < 4.78 is 4.64. The van der Waals surface area contributed by atoms with Crippen molar-refractivity contribution in [3.8, 4) is 0 Å². The van der Waals surface area contributed by atoms with Crippen LogP contribution in [0.2, 0.25) is 5.02 Å². The molecule has 1 aromatic rings. The fraction of sp³-hybridized carbons (Fsp3) is 0.579. The van der Waals surface area contributed by atoms with Gasteiger partial charge in [0.15, 0.2) is 5.78 Å². The fourth-order valence-electron chi connectivity index (χ4n) is 3.38. The van der Waals surface area contributed by atoms with Crippen LogP contribution in [0.5, 0.6) is 0 Å². The smallest absolute Gasteiger partial charge is 0.305 e.